The highest BCUT2D eigenvalue weighted by Gasteiger charge is 2.12. The van der Waals surface area contributed by atoms with E-state index in [0.717, 1.165) is 5.92 Å². The van der Waals surface area contributed by atoms with Crippen molar-refractivity contribution in [1.29, 1.82) is 0 Å². The zero-order chi connectivity index (χ0) is 8.10. The van der Waals surface area contributed by atoms with Crippen molar-refractivity contribution in [2.75, 3.05) is 0 Å². The monoisotopic (exact) mass is 180 g/mol. The molecule has 1 fully saturated rings. The normalized spacial score (nSPS) is 12.8. The van der Waals surface area contributed by atoms with E-state index in [-0.39, 0.29) is 14.9 Å². The highest BCUT2D eigenvalue weighted by molar-refractivity contribution is 5.11. The van der Waals surface area contributed by atoms with Crippen molar-refractivity contribution in [3.05, 3.63) is 35.9 Å². The van der Waals surface area contributed by atoms with Gasteiger partial charge in [0.2, 0.25) is 0 Å². The van der Waals surface area contributed by atoms with Crippen LogP contribution in [0.1, 0.15) is 40.2 Å². The lowest BCUT2D eigenvalue weighted by Gasteiger charge is -1.82. The molecule has 0 aliphatic heterocycles. The smallest absolute Gasteiger partial charge is 0.0398 e. The molecule has 2 rings (SSSR count). The lowest BCUT2D eigenvalue weighted by molar-refractivity contribution is 0.983. The van der Waals surface area contributed by atoms with Gasteiger partial charge in [0.25, 0.3) is 0 Å². The molecule has 13 heavy (non-hydrogen) atoms. The summed E-state index contributed by atoms with van der Waals surface area (Å²) in [6.07, 6.45) is 2.97. The fourth-order valence-electron chi connectivity index (χ4n) is 0.701. The lowest BCUT2D eigenvalue weighted by Crippen LogP contribution is -1.62. The summed E-state index contributed by atoms with van der Waals surface area (Å²) in [7, 11) is 0. The maximum Gasteiger partial charge on any atom is -0.0398 e. The summed E-state index contributed by atoms with van der Waals surface area (Å²) in [4.78, 5) is 0. The Kier molecular flexibility index (Phi) is 8.89. The fraction of sp³-hybridized carbons (Fsp3) is 0.538. The predicted octanol–water partition coefficient (Wildman–Crippen LogP) is 4.68. The second kappa shape index (κ2) is 7.85. The molecule has 0 radical (unpaired) electrons. The van der Waals surface area contributed by atoms with Crippen molar-refractivity contribution in [3.63, 3.8) is 0 Å². The average Bonchev–Trinajstić information content (AvgIpc) is 2.75. The first-order chi connectivity index (χ1) is 5.29. The van der Waals surface area contributed by atoms with Gasteiger partial charge in [-0.2, -0.15) is 0 Å². The van der Waals surface area contributed by atoms with E-state index in [1.165, 1.54) is 18.4 Å². The van der Waals surface area contributed by atoms with Crippen LogP contribution in [0.25, 0.3) is 0 Å². The molecule has 1 aliphatic rings. The summed E-state index contributed by atoms with van der Waals surface area (Å²) in [6.45, 7) is 4.36. The number of aryl methyl sites for hydroxylation is 1. The zero-order valence-corrected chi connectivity index (χ0v) is 7.38. The Bertz CT molecular complexity index is 184. The van der Waals surface area contributed by atoms with E-state index in [9.17, 15) is 0 Å². The van der Waals surface area contributed by atoms with Gasteiger partial charge in [0.15, 0.2) is 0 Å². The molecule has 1 aliphatic carbocycles. The molecule has 0 atom stereocenters. The van der Waals surface area contributed by atoms with E-state index in [2.05, 4.69) is 26.0 Å². The zero-order valence-electron chi connectivity index (χ0n) is 7.38. The third-order valence-electron chi connectivity index (χ3n) is 1.81. The maximum atomic E-state index is 2.28. The number of rotatable bonds is 0. The molecule has 0 spiro atoms. The van der Waals surface area contributed by atoms with E-state index in [0.29, 0.717) is 0 Å². The minimum absolute atomic E-state index is 0. The lowest BCUT2D eigenvalue weighted by atomic mass is 10.2. The van der Waals surface area contributed by atoms with Crippen LogP contribution < -0.4 is 0 Å². The van der Waals surface area contributed by atoms with Gasteiger partial charge >= 0.3 is 0 Å². The van der Waals surface area contributed by atoms with Crippen molar-refractivity contribution in [1.82, 2.24) is 0 Å². The first kappa shape index (κ1) is 14.7. The molecule has 76 valence electrons. The molecule has 1 saturated carbocycles. The Morgan fingerprint density at radius 1 is 1.00 bits per heavy atom. The highest BCUT2D eigenvalue weighted by Crippen LogP contribution is 2.26. The third-order valence-corrected chi connectivity index (χ3v) is 1.81. The van der Waals surface area contributed by atoms with E-state index >= 15 is 0 Å². The third kappa shape index (κ3) is 9.13. The van der Waals surface area contributed by atoms with E-state index in [1.54, 1.807) is 0 Å². The van der Waals surface area contributed by atoms with Gasteiger partial charge in [0, 0.05) is 0 Å². The van der Waals surface area contributed by atoms with E-state index in [1.807, 2.05) is 18.2 Å². The molecule has 0 saturated heterocycles. The van der Waals surface area contributed by atoms with Crippen LogP contribution in [-0.4, -0.2) is 0 Å². The van der Waals surface area contributed by atoms with Gasteiger partial charge in [0.1, 0.15) is 0 Å². The minimum Gasteiger partial charge on any atom is -0.0776 e. The van der Waals surface area contributed by atoms with E-state index < -0.39 is 0 Å². The van der Waals surface area contributed by atoms with Crippen molar-refractivity contribution < 1.29 is 0 Å². The van der Waals surface area contributed by atoms with Crippen LogP contribution in [-0.2, 0) is 0 Å². The second-order valence-electron chi connectivity index (χ2n) is 3.34. The number of hydrogen-bond acceptors (Lipinski definition) is 0. The molecule has 1 aromatic rings. The summed E-state index contributed by atoms with van der Waals surface area (Å²) in [5.41, 5.74) is 1.32. The largest absolute Gasteiger partial charge is 0.0776 e. The summed E-state index contributed by atoms with van der Waals surface area (Å²) >= 11 is 0. The molecule has 0 heteroatoms. The van der Waals surface area contributed by atoms with Gasteiger partial charge in [-0.25, -0.2) is 0 Å². The molecular formula is C13H24. The molecule has 0 bridgehead atoms. The summed E-state index contributed by atoms with van der Waals surface area (Å²) in [6, 6.07) is 10.3. The second-order valence-corrected chi connectivity index (χ2v) is 3.34. The van der Waals surface area contributed by atoms with Crippen LogP contribution in [0, 0.1) is 12.8 Å². The summed E-state index contributed by atoms with van der Waals surface area (Å²) < 4.78 is 0. The average molecular weight is 180 g/mol. The summed E-state index contributed by atoms with van der Waals surface area (Å²) in [5, 5.41) is 0. The quantitative estimate of drug-likeness (QED) is 0.543. The van der Waals surface area contributed by atoms with Gasteiger partial charge < -0.3 is 0 Å². The molecule has 0 aromatic heterocycles. The van der Waals surface area contributed by atoms with Crippen LogP contribution in [0.5, 0.6) is 0 Å². The number of benzene rings is 1. The van der Waals surface area contributed by atoms with Crippen molar-refractivity contribution in [2.24, 2.45) is 5.92 Å². The minimum atomic E-state index is 0. The van der Waals surface area contributed by atoms with E-state index in [4.69, 9.17) is 0 Å². The Hall–Kier alpha value is -0.780. The van der Waals surface area contributed by atoms with Crippen molar-refractivity contribution in [3.8, 4) is 0 Å². The van der Waals surface area contributed by atoms with Crippen LogP contribution in [0.4, 0.5) is 0 Å². The Morgan fingerprint density at radius 2 is 1.38 bits per heavy atom. The topological polar surface area (TPSA) is 0 Å². The van der Waals surface area contributed by atoms with Crippen LogP contribution in [0.3, 0.4) is 0 Å². The molecular weight excluding hydrogens is 156 g/mol. The van der Waals surface area contributed by atoms with Crippen LogP contribution in [0.2, 0.25) is 0 Å². The van der Waals surface area contributed by atoms with Gasteiger partial charge in [-0.3, -0.25) is 0 Å². The molecule has 0 heterocycles. The molecule has 0 unspecified atom stereocenters. The Morgan fingerprint density at radius 3 is 1.54 bits per heavy atom. The maximum absolute atomic E-state index is 2.28. The van der Waals surface area contributed by atoms with Gasteiger partial charge in [-0.05, 0) is 12.8 Å². The van der Waals surface area contributed by atoms with Crippen LogP contribution >= 0.6 is 0 Å². The summed E-state index contributed by atoms with van der Waals surface area (Å²) in [5.74, 6) is 1.08. The van der Waals surface area contributed by atoms with Crippen LogP contribution in [0.15, 0.2) is 30.3 Å². The standard InChI is InChI=1S/C7H8.C4H8.2CH4/c1-7-5-3-2-4-6-7;1-4-2-3-4;;/h2-6H,1H3;4H,2-3H2,1H3;2*1H4. The fourth-order valence-corrected chi connectivity index (χ4v) is 0.701. The predicted molar refractivity (Wildman–Crippen MR) is 63.0 cm³/mol. The molecule has 0 amide bonds. The molecule has 0 N–H and O–H groups in total. The van der Waals surface area contributed by atoms with Crippen molar-refractivity contribution in [2.45, 2.75) is 41.5 Å². The Labute approximate surface area is 84.0 Å². The Balaban J connectivity index is 0. The first-order valence-corrected chi connectivity index (χ1v) is 4.30. The van der Waals surface area contributed by atoms with Gasteiger partial charge in [0.05, 0.1) is 0 Å². The van der Waals surface area contributed by atoms with Gasteiger partial charge in [-0.15, -0.1) is 0 Å². The highest BCUT2D eigenvalue weighted by atomic mass is 14.2. The van der Waals surface area contributed by atoms with Crippen molar-refractivity contribution >= 4 is 0 Å². The first-order valence-electron chi connectivity index (χ1n) is 4.30. The molecule has 0 nitrogen and oxygen atoms in total. The molecule has 1 aromatic carbocycles. The SMILES string of the molecule is C.C.CC1CC1.Cc1ccccc1. The van der Waals surface area contributed by atoms with Gasteiger partial charge in [-0.1, -0.05) is 70.5 Å². The number of hydrogen-bond donors (Lipinski definition) is 0.